The summed E-state index contributed by atoms with van der Waals surface area (Å²) in [5.74, 6) is -0.539. The van der Waals surface area contributed by atoms with Gasteiger partial charge >= 0.3 is 5.97 Å². The molecule has 0 saturated carbocycles. The summed E-state index contributed by atoms with van der Waals surface area (Å²) in [7, 11) is 1.28. The fourth-order valence-corrected chi connectivity index (χ4v) is 1.47. The molecule has 1 spiro atoms. The lowest BCUT2D eigenvalue weighted by Crippen LogP contribution is -2.45. The summed E-state index contributed by atoms with van der Waals surface area (Å²) in [5.41, 5.74) is -0.582. The van der Waals surface area contributed by atoms with E-state index in [9.17, 15) is 4.79 Å². The molecular formula is C6H7ClO4. The first-order valence-electron chi connectivity index (χ1n) is 3.20. The highest BCUT2D eigenvalue weighted by Gasteiger charge is 2.79. The minimum Gasteiger partial charge on any atom is -0.466 e. The molecule has 11 heavy (non-hydrogen) atoms. The Hall–Kier alpha value is -0.320. The number of rotatable bonds is 1. The Labute approximate surface area is 68.4 Å². The van der Waals surface area contributed by atoms with Gasteiger partial charge in [-0.25, -0.2) is 4.79 Å². The summed E-state index contributed by atoms with van der Waals surface area (Å²) in [6.07, 6.45) is 0. The Morgan fingerprint density at radius 3 is 2.55 bits per heavy atom. The molecule has 0 aromatic carbocycles. The quantitative estimate of drug-likeness (QED) is 0.320. The highest BCUT2D eigenvalue weighted by atomic mass is 35.5. The lowest BCUT2D eigenvalue weighted by Gasteiger charge is -2.23. The van der Waals surface area contributed by atoms with Crippen molar-refractivity contribution in [2.45, 2.75) is 10.7 Å². The number of halogens is 1. The zero-order valence-electron chi connectivity index (χ0n) is 5.93. The van der Waals surface area contributed by atoms with E-state index in [-0.39, 0.29) is 0 Å². The van der Waals surface area contributed by atoms with Crippen LogP contribution in [0, 0.1) is 0 Å². The van der Waals surface area contributed by atoms with Crippen molar-refractivity contribution in [1.82, 2.24) is 0 Å². The van der Waals surface area contributed by atoms with Crippen molar-refractivity contribution < 1.29 is 19.0 Å². The molecule has 1 atom stereocenters. The number of hydrogen-bond acceptors (Lipinski definition) is 4. The van der Waals surface area contributed by atoms with Gasteiger partial charge in [-0.1, -0.05) is 11.6 Å². The first-order valence-corrected chi connectivity index (χ1v) is 3.58. The molecule has 1 unspecified atom stereocenters. The van der Waals surface area contributed by atoms with E-state index in [1.165, 1.54) is 7.11 Å². The fourth-order valence-electron chi connectivity index (χ4n) is 1.13. The van der Waals surface area contributed by atoms with Gasteiger partial charge in [0.2, 0.25) is 0 Å². The number of carbonyl (C=O) groups excluding carboxylic acids is 1. The Bertz CT molecular complexity index is 213. The van der Waals surface area contributed by atoms with Crippen LogP contribution in [0.4, 0.5) is 0 Å². The van der Waals surface area contributed by atoms with Crippen molar-refractivity contribution in [3.05, 3.63) is 0 Å². The number of esters is 1. The number of alkyl halides is 1. The normalized spacial score (nSPS) is 38.0. The molecule has 2 rings (SSSR count). The van der Waals surface area contributed by atoms with Crippen molar-refractivity contribution in [2.75, 3.05) is 20.3 Å². The maximum absolute atomic E-state index is 11.0. The van der Waals surface area contributed by atoms with Crippen LogP contribution in [-0.2, 0) is 19.0 Å². The Morgan fingerprint density at radius 1 is 1.64 bits per heavy atom. The fraction of sp³-hybridized carbons (Fsp3) is 0.833. The van der Waals surface area contributed by atoms with Crippen LogP contribution in [0.3, 0.4) is 0 Å². The standard InChI is InChI=1S/C6H7ClO4/c1-9-4(8)6(7)5(11-6)2-10-3-5/h2-3H2,1H3. The molecule has 0 N–H and O–H groups in total. The van der Waals surface area contributed by atoms with Gasteiger partial charge < -0.3 is 14.2 Å². The molecule has 2 fully saturated rings. The van der Waals surface area contributed by atoms with Gasteiger partial charge in [0.1, 0.15) is 0 Å². The van der Waals surface area contributed by atoms with Crippen molar-refractivity contribution >= 4 is 17.6 Å². The van der Waals surface area contributed by atoms with E-state index in [1.807, 2.05) is 0 Å². The van der Waals surface area contributed by atoms with Crippen molar-refractivity contribution in [2.24, 2.45) is 0 Å². The zero-order chi connectivity index (χ0) is 8.11. The van der Waals surface area contributed by atoms with Gasteiger partial charge in [-0.2, -0.15) is 0 Å². The van der Waals surface area contributed by atoms with Crippen LogP contribution in [0.25, 0.3) is 0 Å². The average Bonchev–Trinajstić information content (AvgIpc) is 2.56. The molecule has 2 saturated heterocycles. The predicted octanol–water partition coefficient (Wildman–Crippen LogP) is -0.106. The number of epoxide rings is 1. The minimum absolute atomic E-state index is 0.381. The SMILES string of the molecule is COC(=O)C1(Cl)OC12COC2. The summed E-state index contributed by atoms with van der Waals surface area (Å²) >= 11 is 5.78. The third-order valence-electron chi connectivity index (χ3n) is 2.00. The maximum Gasteiger partial charge on any atom is 0.357 e. The third-order valence-corrected chi connectivity index (χ3v) is 2.57. The monoisotopic (exact) mass is 178 g/mol. The molecule has 2 aliphatic rings. The molecule has 0 aliphatic carbocycles. The van der Waals surface area contributed by atoms with Crippen molar-refractivity contribution in [3.8, 4) is 0 Å². The largest absolute Gasteiger partial charge is 0.466 e. The van der Waals surface area contributed by atoms with E-state index in [0.29, 0.717) is 13.2 Å². The molecule has 0 radical (unpaired) electrons. The Kier molecular flexibility index (Phi) is 1.26. The molecule has 0 aromatic heterocycles. The van der Waals surface area contributed by atoms with Gasteiger partial charge in [0.15, 0.2) is 5.60 Å². The second-order valence-electron chi connectivity index (χ2n) is 2.68. The van der Waals surface area contributed by atoms with Crippen molar-refractivity contribution in [1.29, 1.82) is 0 Å². The summed E-state index contributed by atoms with van der Waals surface area (Å²) in [5, 5.41) is -1.26. The second-order valence-corrected chi connectivity index (χ2v) is 3.21. The number of hydrogen-bond donors (Lipinski definition) is 0. The number of methoxy groups -OCH3 is 1. The summed E-state index contributed by atoms with van der Waals surface area (Å²) in [6.45, 7) is 0.761. The number of ether oxygens (including phenoxy) is 3. The third kappa shape index (κ3) is 0.694. The Balaban J connectivity index is 2.10. The van der Waals surface area contributed by atoms with Crippen LogP contribution in [-0.4, -0.2) is 37.0 Å². The van der Waals surface area contributed by atoms with Crippen LogP contribution >= 0.6 is 11.6 Å². The lowest BCUT2D eigenvalue weighted by molar-refractivity contribution is -0.144. The molecule has 2 heterocycles. The van der Waals surface area contributed by atoms with E-state index >= 15 is 0 Å². The highest BCUT2D eigenvalue weighted by Crippen LogP contribution is 2.56. The lowest BCUT2D eigenvalue weighted by atomic mass is 10.0. The van der Waals surface area contributed by atoms with Gasteiger partial charge in [-0.05, 0) is 0 Å². The smallest absolute Gasteiger partial charge is 0.357 e. The summed E-state index contributed by atoms with van der Waals surface area (Å²) < 4.78 is 14.4. The first-order chi connectivity index (χ1) is 5.15. The van der Waals surface area contributed by atoms with Gasteiger partial charge in [-0.15, -0.1) is 0 Å². The van der Waals surface area contributed by atoms with Crippen LogP contribution < -0.4 is 0 Å². The molecule has 62 valence electrons. The molecule has 0 amide bonds. The van der Waals surface area contributed by atoms with E-state index in [0.717, 1.165) is 0 Å². The summed E-state index contributed by atoms with van der Waals surface area (Å²) in [4.78, 5) is 11.0. The predicted molar refractivity (Wildman–Crippen MR) is 35.2 cm³/mol. The highest BCUT2D eigenvalue weighted by molar-refractivity contribution is 6.36. The Morgan fingerprint density at radius 2 is 2.27 bits per heavy atom. The molecule has 0 bridgehead atoms. The van der Waals surface area contributed by atoms with Gasteiger partial charge in [0.25, 0.3) is 5.06 Å². The maximum atomic E-state index is 11.0. The van der Waals surface area contributed by atoms with Crippen LogP contribution in [0.15, 0.2) is 0 Å². The zero-order valence-corrected chi connectivity index (χ0v) is 6.68. The van der Waals surface area contributed by atoms with Crippen LogP contribution in [0.1, 0.15) is 0 Å². The second kappa shape index (κ2) is 1.88. The van der Waals surface area contributed by atoms with Crippen molar-refractivity contribution in [3.63, 3.8) is 0 Å². The molecule has 5 heteroatoms. The van der Waals surface area contributed by atoms with E-state index in [1.54, 1.807) is 0 Å². The van der Waals surface area contributed by atoms with E-state index in [4.69, 9.17) is 21.1 Å². The van der Waals surface area contributed by atoms with Gasteiger partial charge in [0, 0.05) is 0 Å². The summed E-state index contributed by atoms with van der Waals surface area (Å²) in [6, 6.07) is 0. The minimum atomic E-state index is -1.26. The first kappa shape index (κ1) is 7.34. The van der Waals surface area contributed by atoms with Gasteiger partial charge in [0.05, 0.1) is 20.3 Å². The molecule has 4 nitrogen and oxygen atoms in total. The molecule has 2 aliphatic heterocycles. The van der Waals surface area contributed by atoms with Crippen LogP contribution in [0.2, 0.25) is 0 Å². The average molecular weight is 179 g/mol. The van der Waals surface area contributed by atoms with E-state index < -0.39 is 16.6 Å². The molecule has 0 aromatic rings. The molecular weight excluding hydrogens is 172 g/mol. The number of carbonyl (C=O) groups is 1. The van der Waals surface area contributed by atoms with E-state index in [2.05, 4.69) is 4.74 Å². The van der Waals surface area contributed by atoms with Crippen LogP contribution in [0.5, 0.6) is 0 Å². The topological polar surface area (TPSA) is 48.1 Å². The van der Waals surface area contributed by atoms with Gasteiger partial charge in [-0.3, -0.25) is 0 Å².